The maximum atomic E-state index is 13.8. The van der Waals surface area contributed by atoms with E-state index >= 15 is 0 Å². The molecule has 196 valence electrons. The summed E-state index contributed by atoms with van der Waals surface area (Å²) in [5, 5.41) is 13.2. The second-order valence-electron chi connectivity index (χ2n) is 8.51. The van der Waals surface area contributed by atoms with Crippen LogP contribution in [0, 0.1) is 0 Å². The van der Waals surface area contributed by atoms with E-state index in [1.54, 1.807) is 6.07 Å². The number of phenolic OH excluding ortho intramolecular Hbond substituents is 1. The summed E-state index contributed by atoms with van der Waals surface area (Å²) >= 11 is 0.757. The number of aromatic nitrogens is 1. The topological polar surface area (TPSA) is 170 Å². The van der Waals surface area contributed by atoms with Crippen LogP contribution in [-0.2, 0) is 9.53 Å². The van der Waals surface area contributed by atoms with Crippen LogP contribution in [0.3, 0.4) is 0 Å². The third-order valence-corrected chi connectivity index (χ3v) is 6.94. The molecule has 1 heterocycles. The second kappa shape index (κ2) is 12.5. The summed E-state index contributed by atoms with van der Waals surface area (Å²) in [6.45, 7) is 2.92. The van der Waals surface area contributed by atoms with E-state index in [1.165, 1.54) is 24.1 Å². The molecule has 0 bridgehead atoms. The summed E-state index contributed by atoms with van der Waals surface area (Å²) in [6, 6.07) is 3.47. The molecule has 3 amide bonds. The number of nitrogens with two attached hydrogens (primary N) is 2. The van der Waals surface area contributed by atoms with Crippen molar-refractivity contribution in [3.63, 3.8) is 0 Å². The van der Waals surface area contributed by atoms with Crippen molar-refractivity contribution in [2.24, 2.45) is 5.73 Å². The Kier molecular flexibility index (Phi) is 9.48. The van der Waals surface area contributed by atoms with E-state index in [0.717, 1.165) is 37.2 Å². The Morgan fingerprint density at radius 2 is 2.03 bits per heavy atom. The lowest BCUT2D eigenvalue weighted by Crippen LogP contribution is -2.46. The fourth-order valence-corrected chi connectivity index (χ4v) is 5.04. The normalized spacial score (nSPS) is 14.4. The number of carbonyl (C=O) groups excluding carboxylic acids is 3. The molecule has 1 fully saturated rings. The molecule has 1 aliphatic rings. The van der Waals surface area contributed by atoms with Gasteiger partial charge in [-0.05, 0) is 55.4 Å². The number of ether oxygens (including phenoxy) is 2. The number of nitrogen functional groups attached to an aromatic ring is 1. The molecule has 1 aromatic heterocycles. The maximum Gasteiger partial charge on any atom is 0.270 e. The Bertz CT molecular complexity index is 1080. The number of nitrogens with one attached hydrogen (secondary N) is 1. The van der Waals surface area contributed by atoms with E-state index in [9.17, 15) is 19.5 Å². The average molecular weight is 520 g/mol. The predicted octanol–water partition coefficient (Wildman–Crippen LogP) is 2.21. The molecule has 6 N–H and O–H groups in total. The van der Waals surface area contributed by atoms with Gasteiger partial charge >= 0.3 is 0 Å². The summed E-state index contributed by atoms with van der Waals surface area (Å²) in [5.74, 6) is -1.70. The van der Waals surface area contributed by atoms with Crippen LogP contribution in [0.4, 0.5) is 5.69 Å². The molecule has 0 unspecified atom stereocenters. The number of nitrogens with zero attached hydrogens (tertiary/aromatic N) is 2. The number of rotatable bonds is 12. The van der Waals surface area contributed by atoms with Crippen LogP contribution < -0.4 is 21.5 Å². The number of carbonyl (C=O) groups is 3. The summed E-state index contributed by atoms with van der Waals surface area (Å²) in [4.78, 5) is 40.6. The number of anilines is 1. The number of hydrogen-bond acceptors (Lipinski definition) is 9. The quantitative estimate of drug-likeness (QED) is 0.309. The summed E-state index contributed by atoms with van der Waals surface area (Å²) in [6.07, 6.45) is 4.21. The predicted molar refractivity (Wildman–Crippen MR) is 135 cm³/mol. The molecular formula is C24H33N5O6S. The smallest absolute Gasteiger partial charge is 0.270 e. The average Bonchev–Trinajstić information content (AvgIpc) is 3.50. The monoisotopic (exact) mass is 519 g/mol. The van der Waals surface area contributed by atoms with Crippen LogP contribution in [0.25, 0.3) is 0 Å². The minimum Gasteiger partial charge on any atom is -0.504 e. The maximum absolute atomic E-state index is 13.8. The number of primary amides is 1. The first-order valence-electron chi connectivity index (χ1n) is 11.9. The SMILES string of the molecule is CCOCCCN(C(=O)c1snc(C(N)=O)c1N)[C@@H](C(=O)NC1CCCC1)c1ccc(O)c(OC)c1. The van der Waals surface area contributed by atoms with Crippen LogP contribution in [0.15, 0.2) is 18.2 Å². The lowest BCUT2D eigenvalue weighted by Gasteiger charge is -2.32. The van der Waals surface area contributed by atoms with Crippen molar-refractivity contribution in [2.45, 2.75) is 51.1 Å². The fraction of sp³-hybridized carbons (Fsp3) is 0.500. The molecule has 11 nitrogen and oxygen atoms in total. The first-order chi connectivity index (χ1) is 17.3. The van der Waals surface area contributed by atoms with Gasteiger partial charge in [0, 0.05) is 25.8 Å². The van der Waals surface area contributed by atoms with Crippen molar-refractivity contribution in [3.8, 4) is 11.5 Å². The van der Waals surface area contributed by atoms with Crippen LogP contribution >= 0.6 is 11.5 Å². The molecule has 1 saturated carbocycles. The zero-order valence-corrected chi connectivity index (χ0v) is 21.3. The van der Waals surface area contributed by atoms with Crippen molar-refractivity contribution in [1.29, 1.82) is 0 Å². The largest absolute Gasteiger partial charge is 0.504 e. The van der Waals surface area contributed by atoms with E-state index in [4.69, 9.17) is 20.9 Å². The van der Waals surface area contributed by atoms with Gasteiger partial charge in [-0.1, -0.05) is 18.9 Å². The van der Waals surface area contributed by atoms with E-state index in [-0.39, 0.29) is 46.3 Å². The highest BCUT2D eigenvalue weighted by Gasteiger charge is 2.36. The fourth-order valence-electron chi connectivity index (χ4n) is 4.28. The Morgan fingerprint density at radius 1 is 1.31 bits per heavy atom. The summed E-state index contributed by atoms with van der Waals surface area (Å²) < 4.78 is 14.6. The van der Waals surface area contributed by atoms with Gasteiger partial charge in [-0.25, -0.2) is 0 Å². The van der Waals surface area contributed by atoms with Crippen molar-refractivity contribution in [1.82, 2.24) is 14.6 Å². The number of phenols is 1. The molecule has 0 aliphatic heterocycles. The molecule has 0 radical (unpaired) electrons. The first-order valence-corrected chi connectivity index (χ1v) is 12.7. The van der Waals surface area contributed by atoms with Crippen molar-refractivity contribution < 1.29 is 29.0 Å². The number of aromatic hydroxyl groups is 1. The van der Waals surface area contributed by atoms with Crippen molar-refractivity contribution >= 4 is 34.9 Å². The number of amides is 3. The van der Waals surface area contributed by atoms with E-state index in [1.807, 2.05) is 6.92 Å². The number of benzene rings is 1. The van der Waals surface area contributed by atoms with Crippen LogP contribution in [-0.4, -0.2) is 65.0 Å². The van der Waals surface area contributed by atoms with Gasteiger partial charge in [0.25, 0.3) is 11.8 Å². The minimum atomic E-state index is -1.06. The number of methoxy groups -OCH3 is 1. The Labute approximate surface area is 213 Å². The van der Waals surface area contributed by atoms with Gasteiger partial charge in [-0.15, -0.1) is 0 Å². The summed E-state index contributed by atoms with van der Waals surface area (Å²) in [7, 11) is 1.40. The van der Waals surface area contributed by atoms with Crippen LogP contribution in [0.2, 0.25) is 0 Å². The molecular weight excluding hydrogens is 486 g/mol. The molecule has 1 aliphatic carbocycles. The van der Waals surface area contributed by atoms with Crippen molar-refractivity contribution in [2.75, 3.05) is 32.6 Å². The minimum absolute atomic E-state index is 0.00863. The highest BCUT2D eigenvalue weighted by Crippen LogP contribution is 2.34. The lowest BCUT2D eigenvalue weighted by molar-refractivity contribution is -0.126. The highest BCUT2D eigenvalue weighted by molar-refractivity contribution is 7.09. The third-order valence-electron chi connectivity index (χ3n) is 6.09. The van der Waals surface area contributed by atoms with Gasteiger partial charge in [0.15, 0.2) is 17.2 Å². The molecule has 1 atom stereocenters. The van der Waals surface area contributed by atoms with E-state index in [2.05, 4.69) is 9.69 Å². The molecule has 0 saturated heterocycles. The zero-order chi connectivity index (χ0) is 26.2. The van der Waals surface area contributed by atoms with Gasteiger partial charge in [-0.2, -0.15) is 4.37 Å². The van der Waals surface area contributed by atoms with E-state index in [0.29, 0.717) is 25.2 Å². The standard InChI is InChI=1S/C24H33N5O6S/c1-3-35-12-6-11-29(24(33)21-18(25)19(22(26)31)28-36-21)20(23(32)27-15-7-4-5-8-15)14-9-10-16(30)17(13-14)34-2/h9-10,13,15,20,30H,3-8,11-12,25H2,1-2H3,(H2,26,31)(H,27,32)/t20-/m1/s1. The Morgan fingerprint density at radius 3 is 2.64 bits per heavy atom. The Hall–Kier alpha value is -3.38. The molecule has 3 rings (SSSR count). The highest BCUT2D eigenvalue weighted by atomic mass is 32.1. The second-order valence-corrected chi connectivity index (χ2v) is 9.28. The van der Waals surface area contributed by atoms with Gasteiger partial charge in [0.1, 0.15) is 10.9 Å². The van der Waals surface area contributed by atoms with E-state index < -0.39 is 17.9 Å². The van der Waals surface area contributed by atoms with Gasteiger partial charge in [-0.3, -0.25) is 14.4 Å². The van der Waals surface area contributed by atoms with Crippen LogP contribution in [0.5, 0.6) is 11.5 Å². The molecule has 12 heteroatoms. The molecule has 36 heavy (non-hydrogen) atoms. The van der Waals surface area contributed by atoms with Gasteiger partial charge in [0.05, 0.1) is 12.8 Å². The first kappa shape index (κ1) is 27.2. The van der Waals surface area contributed by atoms with Crippen LogP contribution in [0.1, 0.15) is 70.8 Å². The molecule has 1 aromatic carbocycles. The lowest BCUT2D eigenvalue weighted by atomic mass is 10.0. The number of hydrogen-bond donors (Lipinski definition) is 4. The Balaban J connectivity index is 2.05. The van der Waals surface area contributed by atoms with Crippen molar-refractivity contribution in [3.05, 3.63) is 34.3 Å². The third kappa shape index (κ3) is 6.24. The summed E-state index contributed by atoms with van der Waals surface area (Å²) in [5.41, 5.74) is 11.5. The molecule has 2 aromatic rings. The zero-order valence-electron chi connectivity index (χ0n) is 20.5. The van der Waals surface area contributed by atoms with Gasteiger partial charge in [0.2, 0.25) is 5.91 Å². The van der Waals surface area contributed by atoms with Gasteiger partial charge < -0.3 is 36.3 Å². The molecule has 0 spiro atoms.